The molecule has 21 heavy (non-hydrogen) atoms. The van der Waals surface area contributed by atoms with Gasteiger partial charge in [-0.05, 0) is 18.7 Å². The Kier molecular flexibility index (Phi) is 4.84. The van der Waals surface area contributed by atoms with Crippen LogP contribution in [0.1, 0.15) is 11.1 Å². The molecule has 1 aliphatic heterocycles. The van der Waals surface area contributed by atoms with E-state index in [1.165, 1.54) is 18.2 Å². The average molecular weight is 302 g/mol. The first kappa shape index (κ1) is 15.8. The molecule has 1 heterocycles. The van der Waals surface area contributed by atoms with Gasteiger partial charge in [-0.25, -0.2) is 0 Å². The van der Waals surface area contributed by atoms with Crippen LogP contribution in [0.3, 0.4) is 0 Å². The third-order valence-corrected chi connectivity index (χ3v) is 3.56. The van der Waals surface area contributed by atoms with Gasteiger partial charge < -0.3 is 15.4 Å². The minimum absolute atomic E-state index is 0.0540. The average Bonchev–Trinajstić information content (AvgIpc) is 2.92. The number of hydrogen-bond acceptors (Lipinski definition) is 3. The topological polar surface area (TPSA) is 50.4 Å². The molecule has 1 aromatic carbocycles. The number of benzene rings is 1. The van der Waals surface area contributed by atoms with Crippen molar-refractivity contribution < 1.29 is 22.7 Å². The lowest BCUT2D eigenvalue weighted by Crippen LogP contribution is -2.42. The van der Waals surface area contributed by atoms with E-state index in [-0.39, 0.29) is 36.6 Å². The zero-order valence-electron chi connectivity index (χ0n) is 11.5. The van der Waals surface area contributed by atoms with Crippen LogP contribution in [-0.2, 0) is 22.3 Å². The fraction of sp³-hybridized carbons (Fsp3) is 0.500. The van der Waals surface area contributed by atoms with Crippen molar-refractivity contribution in [3.05, 3.63) is 35.4 Å². The zero-order chi connectivity index (χ0) is 15.5. The van der Waals surface area contributed by atoms with E-state index in [0.717, 1.165) is 6.07 Å². The van der Waals surface area contributed by atoms with Crippen LogP contribution in [0.2, 0.25) is 0 Å². The number of carbonyl (C=O) groups excluding carboxylic acids is 1. The molecule has 0 aromatic heterocycles. The number of alkyl halides is 3. The molecule has 0 radical (unpaired) electrons. The quantitative estimate of drug-likeness (QED) is 0.887. The van der Waals surface area contributed by atoms with Gasteiger partial charge in [-0.15, -0.1) is 0 Å². The predicted octanol–water partition coefficient (Wildman–Crippen LogP) is 1.56. The fourth-order valence-corrected chi connectivity index (χ4v) is 2.36. The largest absolute Gasteiger partial charge is 0.416 e. The maximum atomic E-state index is 12.8. The van der Waals surface area contributed by atoms with Gasteiger partial charge in [-0.3, -0.25) is 4.79 Å². The van der Waals surface area contributed by atoms with Gasteiger partial charge in [-0.2, -0.15) is 13.2 Å². The van der Waals surface area contributed by atoms with Crippen LogP contribution in [0, 0.1) is 5.92 Å². The lowest BCUT2D eigenvalue weighted by Gasteiger charge is -2.18. The monoisotopic (exact) mass is 302 g/mol. The van der Waals surface area contributed by atoms with Gasteiger partial charge in [0.05, 0.1) is 24.7 Å². The molecule has 1 fully saturated rings. The van der Waals surface area contributed by atoms with Gasteiger partial charge >= 0.3 is 6.18 Å². The number of amides is 1. The van der Waals surface area contributed by atoms with Crippen LogP contribution in [-0.4, -0.2) is 32.2 Å². The highest BCUT2D eigenvalue weighted by Crippen LogP contribution is 2.31. The molecule has 0 bridgehead atoms. The van der Waals surface area contributed by atoms with Gasteiger partial charge in [0.1, 0.15) is 0 Å². The molecule has 1 saturated heterocycles. The van der Waals surface area contributed by atoms with Gasteiger partial charge in [0.15, 0.2) is 0 Å². The van der Waals surface area contributed by atoms with Crippen LogP contribution in [0.25, 0.3) is 0 Å². The molecule has 2 N–H and O–H groups in total. The summed E-state index contributed by atoms with van der Waals surface area (Å²) < 4.78 is 43.8. The molecule has 0 saturated carbocycles. The van der Waals surface area contributed by atoms with Crippen molar-refractivity contribution in [1.29, 1.82) is 0 Å². The molecule has 1 aromatic rings. The van der Waals surface area contributed by atoms with E-state index in [2.05, 4.69) is 10.6 Å². The van der Waals surface area contributed by atoms with Crippen LogP contribution < -0.4 is 10.6 Å². The Morgan fingerprint density at radius 1 is 1.33 bits per heavy atom. The summed E-state index contributed by atoms with van der Waals surface area (Å²) in [4.78, 5) is 12.0. The van der Waals surface area contributed by atoms with Crippen molar-refractivity contribution in [1.82, 2.24) is 10.6 Å². The lowest BCUT2D eigenvalue weighted by molar-refractivity contribution is -0.138. The number of ether oxygens (including phenoxy) is 1. The lowest BCUT2D eigenvalue weighted by atomic mass is 10.0. The third kappa shape index (κ3) is 3.74. The van der Waals surface area contributed by atoms with E-state index >= 15 is 0 Å². The zero-order valence-corrected chi connectivity index (χ0v) is 11.5. The number of halogens is 3. The van der Waals surface area contributed by atoms with Crippen molar-refractivity contribution in [3.63, 3.8) is 0 Å². The molecular formula is C14H17F3N2O2. The second kappa shape index (κ2) is 6.44. The van der Waals surface area contributed by atoms with Gasteiger partial charge in [-0.1, -0.05) is 18.2 Å². The highest BCUT2D eigenvalue weighted by molar-refractivity contribution is 5.79. The van der Waals surface area contributed by atoms with Crippen molar-refractivity contribution in [2.75, 3.05) is 20.3 Å². The van der Waals surface area contributed by atoms with E-state index in [9.17, 15) is 18.0 Å². The molecular weight excluding hydrogens is 285 g/mol. The van der Waals surface area contributed by atoms with E-state index in [4.69, 9.17) is 4.74 Å². The molecule has 2 unspecified atom stereocenters. The van der Waals surface area contributed by atoms with E-state index < -0.39 is 11.7 Å². The van der Waals surface area contributed by atoms with Crippen LogP contribution >= 0.6 is 0 Å². The first-order valence-corrected chi connectivity index (χ1v) is 6.61. The Balaban J connectivity index is 2.02. The van der Waals surface area contributed by atoms with E-state index in [0.29, 0.717) is 6.61 Å². The highest BCUT2D eigenvalue weighted by Gasteiger charge is 2.35. The van der Waals surface area contributed by atoms with E-state index in [1.54, 1.807) is 7.05 Å². The van der Waals surface area contributed by atoms with Crippen molar-refractivity contribution in [2.45, 2.75) is 18.8 Å². The second-order valence-electron chi connectivity index (χ2n) is 4.91. The molecule has 1 aliphatic rings. The van der Waals surface area contributed by atoms with Gasteiger partial charge in [0.25, 0.3) is 0 Å². The summed E-state index contributed by atoms with van der Waals surface area (Å²) in [6, 6.07) is 5.12. The van der Waals surface area contributed by atoms with Gasteiger partial charge in [0.2, 0.25) is 5.91 Å². The summed E-state index contributed by atoms with van der Waals surface area (Å²) in [6.45, 7) is 0.549. The predicted molar refractivity (Wildman–Crippen MR) is 70.4 cm³/mol. The van der Waals surface area contributed by atoms with Crippen LogP contribution in [0.5, 0.6) is 0 Å². The second-order valence-corrected chi connectivity index (χ2v) is 4.91. The molecule has 0 aliphatic carbocycles. The molecule has 7 heteroatoms. The third-order valence-electron chi connectivity index (χ3n) is 3.56. The Morgan fingerprint density at radius 2 is 2.05 bits per heavy atom. The molecule has 4 nitrogen and oxygen atoms in total. The Labute approximate surface area is 120 Å². The van der Waals surface area contributed by atoms with Crippen LogP contribution in [0.4, 0.5) is 13.2 Å². The Bertz CT molecular complexity index is 505. The Morgan fingerprint density at radius 3 is 2.71 bits per heavy atom. The molecule has 2 atom stereocenters. The SMILES string of the molecule is CNC1COCC1C(=O)NCc1ccccc1C(F)(F)F. The molecule has 1 amide bonds. The smallest absolute Gasteiger partial charge is 0.379 e. The summed E-state index contributed by atoms with van der Waals surface area (Å²) in [5.74, 6) is -0.683. The summed E-state index contributed by atoms with van der Waals surface area (Å²) >= 11 is 0. The maximum Gasteiger partial charge on any atom is 0.416 e. The fourth-order valence-electron chi connectivity index (χ4n) is 2.36. The highest BCUT2D eigenvalue weighted by atomic mass is 19.4. The summed E-state index contributed by atoms with van der Waals surface area (Å²) in [5.41, 5.74) is -0.670. The van der Waals surface area contributed by atoms with Crippen molar-refractivity contribution in [3.8, 4) is 0 Å². The molecule has 2 rings (SSSR count). The minimum atomic E-state index is -4.43. The first-order valence-electron chi connectivity index (χ1n) is 6.61. The number of carbonyl (C=O) groups is 1. The van der Waals surface area contributed by atoms with E-state index in [1.807, 2.05) is 0 Å². The number of hydrogen-bond donors (Lipinski definition) is 2. The molecule has 116 valence electrons. The maximum absolute atomic E-state index is 12.8. The normalized spacial score (nSPS) is 22.3. The van der Waals surface area contributed by atoms with Crippen LogP contribution in [0.15, 0.2) is 24.3 Å². The minimum Gasteiger partial charge on any atom is -0.379 e. The van der Waals surface area contributed by atoms with Gasteiger partial charge in [0, 0.05) is 12.6 Å². The number of likely N-dealkylation sites (N-methyl/N-ethyl adjacent to an activating group) is 1. The summed E-state index contributed by atoms with van der Waals surface area (Å²) in [7, 11) is 1.72. The summed E-state index contributed by atoms with van der Waals surface area (Å²) in [5, 5.41) is 5.52. The molecule has 0 spiro atoms. The van der Waals surface area contributed by atoms with Crippen molar-refractivity contribution >= 4 is 5.91 Å². The summed E-state index contributed by atoms with van der Waals surface area (Å²) in [6.07, 6.45) is -4.43. The van der Waals surface area contributed by atoms with Crippen molar-refractivity contribution in [2.24, 2.45) is 5.92 Å². The first-order chi connectivity index (χ1) is 9.93. The number of rotatable bonds is 4. The standard InChI is InChI=1S/C14H17F3N2O2/c1-18-12-8-21-7-10(12)13(20)19-6-9-4-2-3-5-11(9)14(15,16)17/h2-5,10,12,18H,6-8H2,1H3,(H,19,20). The Hall–Kier alpha value is -1.60. The number of nitrogens with one attached hydrogen (secondary N) is 2.